The zero-order valence-corrected chi connectivity index (χ0v) is 24.3. The van der Waals surface area contributed by atoms with Crippen LogP contribution in [0.2, 0.25) is 0 Å². The van der Waals surface area contributed by atoms with Gasteiger partial charge in [-0.3, -0.25) is 0 Å². The predicted octanol–water partition coefficient (Wildman–Crippen LogP) is 7.33. The summed E-state index contributed by atoms with van der Waals surface area (Å²) in [5.74, 6) is -1.23. The van der Waals surface area contributed by atoms with E-state index in [0.717, 1.165) is 41.8 Å². The van der Waals surface area contributed by atoms with Crippen LogP contribution >= 0.6 is 47.0 Å². The maximum absolute atomic E-state index is 14.3. The molecule has 0 radical (unpaired) electrons. The number of benzene rings is 4. The Morgan fingerprint density at radius 1 is 0.538 bits per heavy atom. The molecule has 0 aliphatic carbocycles. The number of methoxy groups -OCH3 is 2. The molecule has 39 heavy (non-hydrogen) atoms. The summed E-state index contributed by atoms with van der Waals surface area (Å²) in [5.41, 5.74) is 3.94. The van der Waals surface area contributed by atoms with Crippen LogP contribution in [-0.4, -0.2) is 30.9 Å². The van der Waals surface area contributed by atoms with E-state index in [1.807, 2.05) is 60.7 Å². The maximum Gasteiger partial charge on any atom is 0.335 e. The van der Waals surface area contributed by atoms with Crippen molar-refractivity contribution in [1.29, 1.82) is 0 Å². The molecule has 1 fully saturated rings. The largest absolute Gasteiger partial charge is 0.467 e. The highest BCUT2D eigenvalue weighted by Gasteiger charge is 2.78. The topological polar surface area (TPSA) is 52.6 Å². The van der Waals surface area contributed by atoms with Gasteiger partial charge in [-0.05, 0) is 46.5 Å². The van der Waals surface area contributed by atoms with Gasteiger partial charge in [-0.1, -0.05) is 96.3 Å². The number of esters is 2. The monoisotopic (exact) mass is 586 g/mol. The van der Waals surface area contributed by atoms with E-state index >= 15 is 0 Å². The third kappa shape index (κ3) is 3.20. The Labute approximate surface area is 243 Å². The number of hydrogen-bond donors (Lipinski definition) is 0. The first-order valence-electron chi connectivity index (χ1n) is 12.3. The third-order valence-corrected chi connectivity index (χ3v) is 13.9. The van der Waals surface area contributed by atoms with E-state index in [9.17, 15) is 9.59 Å². The van der Waals surface area contributed by atoms with Gasteiger partial charge in [0.1, 0.15) is 8.83 Å². The van der Waals surface area contributed by atoms with Gasteiger partial charge in [-0.25, -0.2) is 9.59 Å². The number of ether oxygens (including phenoxy) is 2. The Morgan fingerprint density at radius 3 is 1.31 bits per heavy atom. The molecule has 4 nitrogen and oxygen atoms in total. The first kappa shape index (κ1) is 25.2. The molecule has 0 atom stereocenters. The number of hydrogen-bond acceptors (Lipinski definition) is 8. The zero-order valence-electron chi connectivity index (χ0n) is 21.0. The van der Waals surface area contributed by atoms with Crippen LogP contribution in [0.3, 0.4) is 0 Å². The molecule has 2 spiro atoms. The van der Waals surface area contributed by atoms with Crippen LogP contribution in [0, 0.1) is 0 Å². The number of carbonyl (C=O) groups is 2. The summed E-state index contributed by atoms with van der Waals surface area (Å²) >= 11 is 6.39. The first-order valence-corrected chi connectivity index (χ1v) is 15.6. The average molecular weight is 587 g/mol. The molecule has 4 aromatic rings. The normalized spacial score (nSPS) is 18.4. The van der Waals surface area contributed by atoms with Gasteiger partial charge < -0.3 is 9.47 Å². The highest BCUT2D eigenvalue weighted by atomic mass is 32.2. The van der Waals surface area contributed by atoms with Crippen molar-refractivity contribution >= 4 is 59.0 Å². The summed E-state index contributed by atoms with van der Waals surface area (Å²) in [6, 6.07) is 32.7. The van der Waals surface area contributed by atoms with E-state index in [1.54, 1.807) is 35.3 Å². The third-order valence-electron chi connectivity index (χ3n) is 7.49. The van der Waals surface area contributed by atoms with Gasteiger partial charge in [0.05, 0.1) is 14.2 Å². The van der Waals surface area contributed by atoms with E-state index in [2.05, 4.69) is 36.4 Å². The maximum atomic E-state index is 14.3. The first-order chi connectivity index (χ1) is 19.0. The Bertz CT molecular complexity index is 1560. The average Bonchev–Trinajstić information content (AvgIpc) is 3.30. The number of fused-ring (bicyclic) bond motifs is 8. The van der Waals surface area contributed by atoms with Gasteiger partial charge in [0.25, 0.3) is 0 Å². The van der Waals surface area contributed by atoms with Crippen LogP contribution in [0.15, 0.2) is 117 Å². The molecular formula is C31H22O4S4. The number of thioether (sulfide) groups is 2. The summed E-state index contributed by atoms with van der Waals surface area (Å²) in [5, 5.41) is 0. The van der Waals surface area contributed by atoms with Crippen molar-refractivity contribution in [2.75, 3.05) is 14.2 Å². The minimum atomic E-state index is -1.74. The molecule has 0 bridgehead atoms. The van der Waals surface area contributed by atoms with Crippen molar-refractivity contribution in [3.05, 3.63) is 119 Å². The highest BCUT2D eigenvalue weighted by molar-refractivity contribution is 8.23. The van der Waals surface area contributed by atoms with Gasteiger partial charge in [0.15, 0.2) is 0 Å². The number of carbonyl (C=O) groups excluding carboxylic acids is 2. The van der Waals surface area contributed by atoms with Gasteiger partial charge in [-0.2, -0.15) is 0 Å². The zero-order chi connectivity index (χ0) is 26.8. The standard InChI is InChI=1S/C31H22O4S4/c1-34-27(32)30(28(33)35-2)29(19-11-3-7-15-23(19)36-24-16-8-4-12-20(24)29)38-31(39-30)21-13-5-9-17-25(21)37-26-18-10-6-14-22(26)31/h3-18H,1-2H3. The predicted molar refractivity (Wildman–Crippen MR) is 158 cm³/mol. The Hall–Kier alpha value is -2.78. The van der Waals surface area contributed by atoms with Crippen molar-refractivity contribution < 1.29 is 19.1 Å². The smallest absolute Gasteiger partial charge is 0.335 e. The van der Waals surface area contributed by atoms with Crippen LogP contribution in [-0.2, 0) is 27.9 Å². The fourth-order valence-electron chi connectivity index (χ4n) is 5.92. The van der Waals surface area contributed by atoms with E-state index in [1.165, 1.54) is 26.0 Å². The molecule has 0 aromatic heterocycles. The van der Waals surface area contributed by atoms with E-state index in [4.69, 9.17) is 9.47 Å². The SMILES string of the molecule is COC(=O)C1(C(=O)OC)SC2(SC13c1ccccc1Sc1ccccc13)c1ccccc1Sc1ccccc12. The lowest BCUT2D eigenvalue weighted by Crippen LogP contribution is -2.58. The lowest BCUT2D eigenvalue weighted by molar-refractivity contribution is -0.157. The van der Waals surface area contributed by atoms with E-state index in [-0.39, 0.29) is 0 Å². The molecule has 0 saturated carbocycles. The van der Waals surface area contributed by atoms with Crippen molar-refractivity contribution in [2.24, 2.45) is 0 Å². The second kappa shape index (κ2) is 9.13. The summed E-state index contributed by atoms with van der Waals surface area (Å²) in [4.78, 5) is 32.8. The molecule has 0 unspecified atom stereocenters. The van der Waals surface area contributed by atoms with Crippen molar-refractivity contribution in [1.82, 2.24) is 0 Å². The minimum absolute atomic E-state index is 0.617. The fourth-order valence-corrected chi connectivity index (χ4v) is 13.5. The molecule has 7 rings (SSSR count). The molecule has 3 aliphatic heterocycles. The molecule has 1 saturated heterocycles. The highest BCUT2D eigenvalue weighted by Crippen LogP contribution is 2.80. The van der Waals surface area contributed by atoms with E-state index in [0.29, 0.717) is 0 Å². The van der Waals surface area contributed by atoms with Crippen LogP contribution in [0.4, 0.5) is 0 Å². The molecule has 4 aromatic carbocycles. The quantitative estimate of drug-likeness (QED) is 0.179. The summed E-state index contributed by atoms with van der Waals surface area (Å²) in [6.45, 7) is 0. The van der Waals surface area contributed by atoms with Crippen LogP contribution in [0.1, 0.15) is 22.3 Å². The van der Waals surface area contributed by atoms with Crippen molar-refractivity contribution in [2.45, 2.75) is 33.2 Å². The fraction of sp³-hybridized carbons (Fsp3) is 0.161. The summed E-state index contributed by atoms with van der Waals surface area (Å²) < 4.78 is 7.40. The van der Waals surface area contributed by atoms with Gasteiger partial charge in [0, 0.05) is 19.6 Å². The van der Waals surface area contributed by atoms with Crippen LogP contribution in [0.25, 0.3) is 0 Å². The lowest BCUT2D eigenvalue weighted by atomic mass is 9.78. The molecular weight excluding hydrogens is 565 g/mol. The lowest BCUT2D eigenvalue weighted by Gasteiger charge is -2.44. The Kier molecular flexibility index (Phi) is 5.90. The summed E-state index contributed by atoms with van der Waals surface area (Å²) in [6.07, 6.45) is 0. The molecule has 194 valence electrons. The van der Waals surface area contributed by atoms with Crippen molar-refractivity contribution in [3.63, 3.8) is 0 Å². The van der Waals surface area contributed by atoms with Gasteiger partial charge in [-0.15, -0.1) is 23.5 Å². The molecule has 0 amide bonds. The van der Waals surface area contributed by atoms with Crippen LogP contribution < -0.4 is 0 Å². The van der Waals surface area contributed by atoms with Crippen molar-refractivity contribution in [3.8, 4) is 0 Å². The summed E-state index contributed by atoms with van der Waals surface area (Å²) in [7, 11) is 2.70. The Morgan fingerprint density at radius 2 is 0.897 bits per heavy atom. The Balaban J connectivity index is 1.67. The molecule has 3 heterocycles. The van der Waals surface area contributed by atoms with Gasteiger partial charge >= 0.3 is 11.9 Å². The molecule has 8 heteroatoms. The molecule has 3 aliphatic rings. The second-order valence-electron chi connectivity index (χ2n) is 9.36. The van der Waals surface area contributed by atoms with Gasteiger partial charge in [0.2, 0.25) is 4.75 Å². The van der Waals surface area contributed by atoms with Crippen LogP contribution in [0.5, 0.6) is 0 Å². The number of rotatable bonds is 2. The molecule has 0 N–H and O–H groups in total. The second-order valence-corrected chi connectivity index (χ2v) is 14.6. The minimum Gasteiger partial charge on any atom is -0.467 e. The van der Waals surface area contributed by atoms with E-state index < -0.39 is 25.5 Å².